The van der Waals surface area contributed by atoms with Gasteiger partial charge in [-0.1, -0.05) is 6.58 Å². The van der Waals surface area contributed by atoms with Gasteiger partial charge in [0.05, 0.1) is 18.4 Å². The van der Waals surface area contributed by atoms with Crippen molar-refractivity contribution in [2.45, 2.75) is 19.3 Å². The number of aliphatic hydroxyl groups is 1. The minimum absolute atomic E-state index is 0.186. The smallest absolute Gasteiger partial charge is 0.330 e. The van der Waals surface area contributed by atoms with E-state index >= 15 is 0 Å². The summed E-state index contributed by atoms with van der Waals surface area (Å²) in [4.78, 5) is 32.6. The van der Waals surface area contributed by atoms with Gasteiger partial charge in [0.15, 0.2) is 0 Å². The van der Waals surface area contributed by atoms with Crippen molar-refractivity contribution in [2.75, 3.05) is 13.2 Å². The predicted molar refractivity (Wildman–Crippen MR) is 59.8 cm³/mol. The molecule has 0 rings (SSSR count). The van der Waals surface area contributed by atoms with Crippen LogP contribution in [0, 0.1) is 5.41 Å². The second kappa shape index (κ2) is 7.44. The van der Waals surface area contributed by atoms with Crippen LogP contribution in [0.5, 0.6) is 0 Å². The molecule has 0 aromatic rings. The van der Waals surface area contributed by atoms with E-state index in [1.165, 1.54) is 0 Å². The highest BCUT2D eigenvalue weighted by Crippen LogP contribution is 2.31. The molecule has 0 heterocycles. The molecule has 3 N–H and O–H groups in total. The summed E-state index contributed by atoms with van der Waals surface area (Å²) >= 11 is 0. The summed E-state index contributed by atoms with van der Waals surface area (Å²) < 4.78 is 4.63. The fraction of sp³-hybridized carbons (Fsp3) is 0.545. The summed E-state index contributed by atoms with van der Waals surface area (Å²) in [7, 11) is 0. The number of hydrogen-bond acceptors (Lipinski definition) is 5. The van der Waals surface area contributed by atoms with Crippen molar-refractivity contribution in [1.82, 2.24) is 0 Å². The molecular weight excluding hydrogens is 244 g/mol. The van der Waals surface area contributed by atoms with E-state index in [2.05, 4.69) is 11.3 Å². The summed E-state index contributed by atoms with van der Waals surface area (Å²) in [6.45, 7) is 2.46. The van der Waals surface area contributed by atoms with Crippen molar-refractivity contribution in [1.29, 1.82) is 0 Å². The molecular formula is C11H16O7. The average molecular weight is 260 g/mol. The number of esters is 1. The van der Waals surface area contributed by atoms with Gasteiger partial charge in [-0.15, -0.1) is 0 Å². The van der Waals surface area contributed by atoms with Crippen molar-refractivity contribution >= 4 is 17.9 Å². The number of ether oxygens (including phenoxy) is 1. The number of rotatable bonds is 9. The molecule has 1 atom stereocenters. The minimum Gasteiger partial charge on any atom is -0.481 e. The summed E-state index contributed by atoms with van der Waals surface area (Å²) in [5.41, 5.74) is -1.64. The lowest BCUT2D eigenvalue weighted by Gasteiger charge is -2.26. The van der Waals surface area contributed by atoms with Gasteiger partial charge in [-0.3, -0.25) is 9.59 Å². The lowest BCUT2D eigenvalue weighted by Crippen LogP contribution is -2.36. The summed E-state index contributed by atoms with van der Waals surface area (Å²) in [5.74, 6) is -3.34. The summed E-state index contributed by atoms with van der Waals surface area (Å²) in [6, 6.07) is 0. The lowest BCUT2D eigenvalue weighted by molar-refractivity contribution is -0.159. The Labute approximate surface area is 104 Å². The van der Waals surface area contributed by atoms with Gasteiger partial charge in [0, 0.05) is 12.7 Å². The van der Waals surface area contributed by atoms with E-state index < -0.39 is 36.4 Å². The standard InChI is InChI=1S/C11H16O7/c1-2-9(15)18-6-4-11(3-5-12,10(16)17)7-8(13)14/h2,12H,1,3-7H2,(H,13,14)(H,16,17). The molecule has 7 nitrogen and oxygen atoms in total. The summed E-state index contributed by atoms with van der Waals surface area (Å²) in [5, 5.41) is 26.6. The third kappa shape index (κ3) is 4.96. The molecule has 18 heavy (non-hydrogen) atoms. The van der Waals surface area contributed by atoms with Gasteiger partial charge < -0.3 is 20.1 Å². The molecule has 0 saturated heterocycles. The molecule has 0 bridgehead atoms. The number of carboxylic acids is 2. The Kier molecular flexibility index (Phi) is 6.66. The average Bonchev–Trinajstić information content (AvgIpc) is 2.27. The number of carbonyl (C=O) groups is 3. The van der Waals surface area contributed by atoms with Gasteiger partial charge in [-0.25, -0.2) is 4.79 Å². The number of aliphatic carboxylic acids is 2. The molecule has 0 aromatic heterocycles. The quantitative estimate of drug-likeness (QED) is 0.395. The Morgan fingerprint density at radius 1 is 1.22 bits per heavy atom. The topological polar surface area (TPSA) is 121 Å². The van der Waals surface area contributed by atoms with Gasteiger partial charge in [0.1, 0.15) is 0 Å². The normalized spacial score (nSPS) is 13.4. The van der Waals surface area contributed by atoms with Crippen LogP contribution in [0.3, 0.4) is 0 Å². The molecule has 0 amide bonds. The van der Waals surface area contributed by atoms with Crippen LogP contribution in [0.1, 0.15) is 19.3 Å². The maximum atomic E-state index is 11.2. The Balaban J connectivity index is 4.72. The first-order valence-corrected chi connectivity index (χ1v) is 5.23. The van der Waals surface area contributed by atoms with Crippen molar-refractivity contribution in [3.63, 3.8) is 0 Å². The van der Waals surface area contributed by atoms with Gasteiger partial charge in [0.2, 0.25) is 0 Å². The molecule has 7 heteroatoms. The molecule has 1 unspecified atom stereocenters. The van der Waals surface area contributed by atoms with Crippen molar-refractivity contribution < 1.29 is 34.4 Å². The van der Waals surface area contributed by atoms with E-state index in [-0.39, 0.29) is 19.4 Å². The maximum absolute atomic E-state index is 11.2. The molecule has 0 saturated carbocycles. The zero-order valence-corrected chi connectivity index (χ0v) is 9.79. The first-order valence-electron chi connectivity index (χ1n) is 5.23. The SMILES string of the molecule is C=CC(=O)OCCC(CCO)(CC(=O)O)C(=O)O. The molecule has 0 spiro atoms. The van der Waals surface area contributed by atoms with Crippen LogP contribution in [0.15, 0.2) is 12.7 Å². The lowest BCUT2D eigenvalue weighted by atomic mass is 9.78. The van der Waals surface area contributed by atoms with E-state index in [0.717, 1.165) is 6.08 Å². The van der Waals surface area contributed by atoms with E-state index in [0.29, 0.717) is 0 Å². The highest BCUT2D eigenvalue weighted by atomic mass is 16.5. The van der Waals surface area contributed by atoms with Crippen molar-refractivity contribution in [3.05, 3.63) is 12.7 Å². The molecule has 0 aliphatic heterocycles. The van der Waals surface area contributed by atoms with Crippen LogP contribution in [0.4, 0.5) is 0 Å². The van der Waals surface area contributed by atoms with Crippen LogP contribution in [-0.4, -0.2) is 46.4 Å². The second-order valence-corrected chi connectivity index (χ2v) is 3.75. The molecule has 0 aromatic carbocycles. The van der Waals surface area contributed by atoms with E-state index in [1.54, 1.807) is 0 Å². The summed E-state index contributed by atoms with van der Waals surface area (Å²) in [6.07, 6.45) is -0.130. The van der Waals surface area contributed by atoms with Gasteiger partial charge >= 0.3 is 17.9 Å². The van der Waals surface area contributed by atoms with Crippen LogP contribution in [0.25, 0.3) is 0 Å². The number of aliphatic hydroxyl groups excluding tert-OH is 1. The number of carboxylic acid groups (broad SMARTS) is 2. The Hall–Kier alpha value is -1.89. The number of carbonyl (C=O) groups excluding carboxylic acids is 1. The molecule has 0 aliphatic carbocycles. The monoisotopic (exact) mass is 260 g/mol. The second-order valence-electron chi connectivity index (χ2n) is 3.75. The predicted octanol–water partition coefficient (Wildman–Crippen LogP) is 0.0338. The first-order chi connectivity index (χ1) is 8.38. The molecule has 102 valence electrons. The number of hydrogen-bond donors (Lipinski definition) is 3. The van der Waals surface area contributed by atoms with Crippen LogP contribution in [-0.2, 0) is 19.1 Å². The fourth-order valence-corrected chi connectivity index (χ4v) is 1.50. The third-order valence-corrected chi connectivity index (χ3v) is 2.53. The Bertz CT molecular complexity index is 336. The van der Waals surface area contributed by atoms with E-state index in [1.807, 2.05) is 0 Å². The van der Waals surface area contributed by atoms with Crippen LogP contribution in [0.2, 0.25) is 0 Å². The fourth-order valence-electron chi connectivity index (χ4n) is 1.50. The third-order valence-electron chi connectivity index (χ3n) is 2.53. The van der Waals surface area contributed by atoms with Crippen molar-refractivity contribution in [3.8, 4) is 0 Å². The Morgan fingerprint density at radius 3 is 2.22 bits per heavy atom. The maximum Gasteiger partial charge on any atom is 0.330 e. The van der Waals surface area contributed by atoms with Crippen LogP contribution < -0.4 is 0 Å². The molecule has 0 fully saturated rings. The Morgan fingerprint density at radius 2 is 1.83 bits per heavy atom. The van der Waals surface area contributed by atoms with Crippen molar-refractivity contribution in [2.24, 2.45) is 5.41 Å². The first kappa shape index (κ1) is 16.1. The van der Waals surface area contributed by atoms with E-state index in [9.17, 15) is 14.4 Å². The van der Waals surface area contributed by atoms with Crippen LogP contribution >= 0.6 is 0 Å². The van der Waals surface area contributed by atoms with Gasteiger partial charge in [-0.05, 0) is 12.8 Å². The zero-order valence-electron chi connectivity index (χ0n) is 9.79. The zero-order chi connectivity index (χ0) is 14.2. The van der Waals surface area contributed by atoms with Gasteiger partial charge in [-0.2, -0.15) is 0 Å². The highest BCUT2D eigenvalue weighted by Gasteiger charge is 2.40. The highest BCUT2D eigenvalue weighted by molar-refractivity contribution is 5.82. The van der Waals surface area contributed by atoms with E-state index in [4.69, 9.17) is 15.3 Å². The molecule has 0 aliphatic rings. The minimum atomic E-state index is -1.64. The largest absolute Gasteiger partial charge is 0.481 e. The van der Waals surface area contributed by atoms with Gasteiger partial charge in [0.25, 0.3) is 0 Å². The molecule has 0 radical (unpaired) electrons.